The van der Waals surface area contributed by atoms with Gasteiger partial charge in [-0.05, 0) is 36.6 Å². The van der Waals surface area contributed by atoms with Crippen LogP contribution in [0.4, 0.5) is 0 Å². The van der Waals surface area contributed by atoms with Crippen molar-refractivity contribution in [2.75, 3.05) is 13.2 Å². The lowest BCUT2D eigenvalue weighted by atomic mass is 9.77. The largest absolute Gasteiger partial charge is 0.350 e. The second kappa shape index (κ2) is 10.5. The summed E-state index contributed by atoms with van der Waals surface area (Å²) in [5, 5.41) is 2.88. The lowest BCUT2D eigenvalue weighted by Crippen LogP contribution is -2.36. The third kappa shape index (κ3) is 5.26. The highest BCUT2D eigenvalue weighted by molar-refractivity contribution is 5.91. The van der Waals surface area contributed by atoms with E-state index in [9.17, 15) is 4.79 Å². The van der Waals surface area contributed by atoms with Crippen LogP contribution in [-0.4, -0.2) is 40.5 Å². The number of carbonyl (C=O) groups excluding carboxylic acids is 1. The number of nitrogens with zero attached hydrogens (tertiary/aromatic N) is 2. The van der Waals surface area contributed by atoms with Crippen LogP contribution in [0, 0.1) is 0 Å². The summed E-state index contributed by atoms with van der Waals surface area (Å²) in [6.45, 7) is 4.58. The number of benzene rings is 3. The molecule has 4 aromatic rings. The maximum absolute atomic E-state index is 12.5. The Morgan fingerprint density at radius 1 is 0.973 bits per heavy atom. The lowest BCUT2D eigenvalue weighted by molar-refractivity contribution is -0.139. The normalized spacial score (nSPS) is 17.2. The molecule has 1 unspecified atom stereocenters. The van der Waals surface area contributed by atoms with Crippen LogP contribution in [0.3, 0.4) is 0 Å². The minimum Gasteiger partial charge on any atom is -0.350 e. The second-order valence-electron chi connectivity index (χ2n) is 9.54. The van der Waals surface area contributed by atoms with Gasteiger partial charge in [-0.25, -0.2) is 4.98 Å². The van der Waals surface area contributed by atoms with Gasteiger partial charge >= 0.3 is 0 Å². The molecular formula is C31H31N3O3. The van der Waals surface area contributed by atoms with Crippen molar-refractivity contribution in [2.24, 2.45) is 0 Å². The van der Waals surface area contributed by atoms with Gasteiger partial charge in [-0.15, -0.1) is 0 Å². The van der Waals surface area contributed by atoms with Crippen LogP contribution in [0.1, 0.15) is 36.2 Å². The first-order valence-corrected chi connectivity index (χ1v) is 12.5. The fourth-order valence-electron chi connectivity index (χ4n) is 4.89. The summed E-state index contributed by atoms with van der Waals surface area (Å²) in [6, 6.07) is 31.2. The molecular weight excluding hydrogens is 462 g/mol. The third-order valence-corrected chi connectivity index (χ3v) is 6.54. The third-order valence-electron chi connectivity index (χ3n) is 6.54. The van der Waals surface area contributed by atoms with Gasteiger partial charge in [0.15, 0.2) is 5.79 Å². The first-order valence-electron chi connectivity index (χ1n) is 12.5. The summed E-state index contributed by atoms with van der Waals surface area (Å²) in [6.07, 6.45) is 6.88. The van der Waals surface area contributed by atoms with Gasteiger partial charge in [-0.3, -0.25) is 4.79 Å². The molecule has 0 radical (unpaired) electrons. The molecule has 37 heavy (non-hydrogen) atoms. The molecule has 3 aromatic carbocycles. The van der Waals surface area contributed by atoms with E-state index in [2.05, 4.69) is 87.7 Å². The zero-order valence-corrected chi connectivity index (χ0v) is 21.1. The summed E-state index contributed by atoms with van der Waals surface area (Å²) in [5.74, 6) is -0.816. The molecule has 1 N–H and O–H groups in total. The number of amides is 1. The van der Waals surface area contributed by atoms with E-state index in [0.29, 0.717) is 18.8 Å². The Labute approximate surface area is 217 Å². The Morgan fingerprint density at radius 3 is 2.00 bits per heavy atom. The van der Waals surface area contributed by atoms with Crippen molar-refractivity contribution in [3.8, 4) is 0 Å². The van der Waals surface area contributed by atoms with Crippen LogP contribution in [-0.2, 0) is 19.8 Å². The Hall–Kier alpha value is -4.00. The van der Waals surface area contributed by atoms with Crippen LogP contribution in [0.2, 0.25) is 0 Å². The van der Waals surface area contributed by atoms with Crippen molar-refractivity contribution in [2.45, 2.75) is 31.3 Å². The van der Waals surface area contributed by atoms with Crippen molar-refractivity contribution >= 4 is 12.0 Å². The Bertz CT molecular complexity index is 1250. The molecule has 1 amide bonds. The predicted octanol–water partition coefficient (Wildman–Crippen LogP) is 5.00. The topological polar surface area (TPSA) is 65.4 Å². The predicted molar refractivity (Wildman–Crippen MR) is 144 cm³/mol. The van der Waals surface area contributed by atoms with Gasteiger partial charge in [-0.1, -0.05) is 91.0 Å². The van der Waals surface area contributed by atoms with E-state index in [-0.39, 0.29) is 12.0 Å². The average molecular weight is 494 g/mol. The Morgan fingerprint density at radius 2 is 1.51 bits per heavy atom. The molecule has 1 aliphatic heterocycles. The van der Waals surface area contributed by atoms with Crippen LogP contribution in [0.15, 0.2) is 110 Å². The SMILES string of the molecule is CC1(C)OCC(CNC(=O)/C=C/c2cn(C(c3ccccc3)(c3ccccc3)c3ccccc3)cn2)O1. The molecule has 1 aliphatic rings. The van der Waals surface area contributed by atoms with E-state index in [1.54, 1.807) is 6.08 Å². The highest BCUT2D eigenvalue weighted by Crippen LogP contribution is 2.40. The van der Waals surface area contributed by atoms with E-state index in [1.807, 2.05) is 44.6 Å². The molecule has 6 nitrogen and oxygen atoms in total. The monoisotopic (exact) mass is 493 g/mol. The first kappa shape index (κ1) is 24.7. The Kier molecular flexibility index (Phi) is 7.04. The van der Waals surface area contributed by atoms with E-state index in [0.717, 1.165) is 16.7 Å². The summed E-state index contributed by atoms with van der Waals surface area (Å²) < 4.78 is 13.4. The molecule has 0 bridgehead atoms. The molecule has 1 aromatic heterocycles. The van der Waals surface area contributed by atoms with Gasteiger partial charge in [0.2, 0.25) is 5.91 Å². The fourth-order valence-corrected chi connectivity index (χ4v) is 4.89. The molecule has 188 valence electrons. The summed E-state index contributed by atoms with van der Waals surface area (Å²) in [5.41, 5.74) is 3.38. The quantitative estimate of drug-likeness (QED) is 0.277. The van der Waals surface area contributed by atoms with Gasteiger partial charge in [0.05, 0.1) is 18.6 Å². The van der Waals surface area contributed by atoms with Gasteiger partial charge in [0, 0.05) is 18.8 Å². The zero-order chi connectivity index (χ0) is 25.7. The molecule has 5 rings (SSSR count). The molecule has 1 saturated heterocycles. The lowest BCUT2D eigenvalue weighted by Gasteiger charge is -2.37. The van der Waals surface area contributed by atoms with Gasteiger partial charge in [0.25, 0.3) is 0 Å². The van der Waals surface area contributed by atoms with E-state index in [1.165, 1.54) is 6.08 Å². The van der Waals surface area contributed by atoms with E-state index >= 15 is 0 Å². The van der Waals surface area contributed by atoms with Crippen molar-refractivity contribution in [1.29, 1.82) is 0 Å². The molecule has 0 spiro atoms. The van der Waals surface area contributed by atoms with Gasteiger partial charge in [-0.2, -0.15) is 0 Å². The molecule has 0 saturated carbocycles. The molecule has 2 heterocycles. The number of hydrogen-bond acceptors (Lipinski definition) is 4. The molecule has 1 fully saturated rings. The van der Waals surface area contributed by atoms with Crippen LogP contribution in [0.5, 0.6) is 0 Å². The first-order chi connectivity index (χ1) is 18.0. The van der Waals surface area contributed by atoms with Crippen molar-refractivity contribution in [3.63, 3.8) is 0 Å². The van der Waals surface area contributed by atoms with Gasteiger partial charge < -0.3 is 19.4 Å². The minimum absolute atomic E-state index is 0.158. The van der Waals surface area contributed by atoms with Crippen LogP contribution < -0.4 is 5.32 Å². The second-order valence-corrected chi connectivity index (χ2v) is 9.54. The number of nitrogens with one attached hydrogen (secondary N) is 1. The maximum atomic E-state index is 12.5. The van der Waals surface area contributed by atoms with E-state index < -0.39 is 11.3 Å². The van der Waals surface area contributed by atoms with Gasteiger partial charge in [0.1, 0.15) is 11.6 Å². The zero-order valence-electron chi connectivity index (χ0n) is 21.1. The van der Waals surface area contributed by atoms with Crippen molar-refractivity contribution in [3.05, 3.63) is 132 Å². The summed E-state index contributed by atoms with van der Waals surface area (Å²) >= 11 is 0. The van der Waals surface area contributed by atoms with Crippen LogP contribution in [0.25, 0.3) is 6.08 Å². The van der Waals surface area contributed by atoms with Crippen molar-refractivity contribution < 1.29 is 14.3 Å². The fraction of sp³-hybridized carbons (Fsp3) is 0.226. The average Bonchev–Trinajstić information content (AvgIpc) is 3.55. The van der Waals surface area contributed by atoms with Crippen LogP contribution >= 0.6 is 0 Å². The summed E-state index contributed by atoms with van der Waals surface area (Å²) in [7, 11) is 0. The minimum atomic E-state index is -0.641. The number of rotatable bonds is 8. The Balaban J connectivity index is 1.46. The summed E-state index contributed by atoms with van der Waals surface area (Å²) in [4.78, 5) is 17.1. The highest BCUT2D eigenvalue weighted by atomic mass is 16.7. The number of hydrogen-bond donors (Lipinski definition) is 1. The number of aromatic nitrogens is 2. The molecule has 6 heteroatoms. The highest BCUT2D eigenvalue weighted by Gasteiger charge is 2.38. The maximum Gasteiger partial charge on any atom is 0.244 e. The number of imidazole rings is 1. The molecule has 0 aliphatic carbocycles. The van der Waals surface area contributed by atoms with Crippen molar-refractivity contribution in [1.82, 2.24) is 14.9 Å². The molecule has 1 atom stereocenters. The standard InChI is InChI=1S/C31H31N3O3/c1-30(2)36-22-28(37-30)20-32-29(35)19-18-27-21-34(23-33-27)31(24-12-6-3-7-13-24,25-14-8-4-9-15-25)26-16-10-5-11-17-26/h3-19,21,23,28H,20,22H2,1-2H3,(H,32,35)/b19-18+. The smallest absolute Gasteiger partial charge is 0.244 e. The number of ether oxygens (including phenoxy) is 2. The van der Waals surface area contributed by atoms with E-state index in [4.69, 9.17) is 9.47 Å². The number of carbonyl (C=O) groups is 1.